The highest BCUT2D eigenvalue weighted by Gasteiger charge is 2.12. The second kappa shape index (κ2) is 14.8. The van der Waals surface area contributed by atoms with E-state index in [1.807, 2.05) is 67.1 Å². The highest BCUT2D eigenvalue weighted by Crippen LogP contribution is 2.24. The number of amides is 1. The topological polar surface area (TPSA) is 129 Å². The van der Waals surface area contributed by atoms with Crippen LogP contribution in [0, 0.1) is 20.8 Å². The van der Waals surface area contributed by atoms with E-state index in [0.717, 1.165) is 77.3 Å². The third-order valence-electron chi connectivity index (χ3n) is 5.88. The molecule has 5 aromatic heterocycles. The van der Waals surface area contributed by atoms with Crippen LogP contribution in [0.2, 0.25) is 0 Å². The maximum Gasteiger partial charge on any atom is 0.212 e. The van der Waals surface area contributed by atoms with Crippen LogP contribution in [0.4, 0.5) is 17.5 Å². The molecule has 0 saturated heterocycles. The van der Waals surface area contributed by atoms with Gasteiger partial charge in [0.2, 0.25) is 6.41 Å². The number of halogens is 4. The lowest BCUT2D eigenvalue weighted by atomic mass is 10.3. The number of carbonyl (C=O) groups excluding carboxylic acids is 1. The molecule has 0 unspecified atom stereocenters. The first kappa shape index (κ1) is 33.5. The molecule has 214 valence electrons. The van der Waals surface area contributed by atoms with Crippen molar-refractivity contribution in [3.8, 4) is 0 Å². The van der Waals surface area contributed by atoms with Crippen LogP contribution in [0.25, 0.3) is 11.3 Å². The van der Waals surface area contributed by atoms with E-state index >= 15 is 0 Å². The van der Waals surface area contributed by atoms with Crippen molar-refractivity contribution >= 4 is 95.4 Å². The first-order valence-electron chi connectivity index (χ1n) is 12.2. The monoisotopic (exact) mass is 756 g/mol. The number of nitrogen functional groups attached to an aromatic ring is 2. The standard InChI is InChI=1S/C11H12BrN3O.C10H12BrN3.C6H7BrN2.ClH/c1-3-9-11(13-6-16)15-5-8(12)4-7(2)10(15)14-9;1-3-8-9(12)14-5-7(11)4-6(2)10(14)13-8;1-4-2-5(7)3-9-6(4)8;/h4-6H,3H2,1-2H3,(H,13,16);4-5H,3,12H2,1-2H3;2-3H,1H3,(H2,8,9);1H. The van der Waals surface area contributed by atoms with Gasteiger partial charge in [-0.1, -0.05) is 13.8 Å². The largest absolute Gasteiger partial charge is 0.383 e. The Morgan fingerprint density at radius 3 is 1.82 bits per heavy atom. The molecule has 0 aromatic carbocycles. The van der Waals surface area contributed by atoms with Crippen molar-refractivity contribution in [3.05, 3.63) is 78.3 Å². The van der Waals surface area contributed by atoms with E-state index in [1.165, 1.54) is 0 Å². The molecule has 5 N–H and O–H groups in total. The molecule has 1 amide bonds. The number of aromatic nitrogens is 5. The average molecular weight is 760 g/mol. The van der Waals surface area contributed by atoms with Crippen LogP contribution >= 0.6 is 60.2 Å². The zero-order valence-corrected chi connectivity index (χ0v) is 28.4. The highest BCUT2D eigenvalue weighted by molar-refractivity contribution is 9.11. The number of hydrogen-bond acceptors (Lipinski definition) is 6. The first-order chi connectivity index (χ1) is 18.5. The molecule has 0 radical (unpaired) electrons. The number of hydrogen-bond donors (Lipinski definition) is 3. The molecular weight excluding hydrogens is 728 g/mol. The first-order valence-corrected chi connectivity index (χ1v) is 14.6. The third-order valence-corrected chi connectivity index (χ3v) is 7.18. The molecule has 0 aliphatic heterocycles. The lowest BCUT2D eigenvalue weighted by molar-refractivity contribution is -0.105. The molecule has 40 heavy (non-hydrogen) atoms. The van der Waals surface area contributed by atoms with Gasteiger partial charge in [-0.15, -0.1) is 12.4 Å². The van der Waals surface area contributed by atoms with Crippen LogP contribution in [0.1, 0.15) is 41.9 Å². The Balaban J connectivity index is 0.000000215. The van der Waals surface area contributed by atoms with E-state index in [2.05, 4.69) is 75.0 Å². The molecule has 0 fully saturated rings. The van der Waals surface area contributed by atoms with Crippen LogP contribution in [0.3, 0.4) is 0 Å². The fraction of sp³-hybridized carbons (Fsp3) is 0.259. The molecular formula is C27H32Br3ClN8O. The van der Waals surface area contributed by atoms with E-state index in [1.54, 1.807) is 6.20 Å². The van der Waals surface area contributed by atoms with Gasteiger partial charge in [0, 0.05) is 32.0 Å². The van der Waals surface area contributed by atoms with Gasteiger partial charge in [0.25, 0.3) is 0 Å². The maximum atomic E-state index is 10.6. The molecule has 5 heterocycles. The Hall–Kier alpha value is -2.67. The van der Waals surface area contributed by atoms with Gasteiger partial charge in [-0.2, -0.15) is 0 Å². The quantitative estimate of drug-likeness (QED) is 0.166. The summed E-state index contributed by atoms with van der Waals surface area (Å²) in [6.07, 6.45) is 7.87. The van der Waals surface area contributed by atoms with Crippen LogP contribution < -0.4 is 16.8 Å². The SMILES string of the molecule is CCc1nc2c(C)cc(Br)cn2c1N.CCc1nc2c(C)cc(Br)cn2c1NC=O.Cc1cc(Br)cnc1N.Cl. The molecule has 5 aromatic rings. The van der Waals surface area contributed by atoms with Crippen LogP contribution in [-0.2, 0) is 17.6 Å². The number of imidazole rings is 2. The number of aryl methyl sites for hydroxylation is 5. The summed E-state index contributed by atoms with van der Waals surface area (Å²) in [6, 6.07) is 5.98. The molecule has 0 aliphatic rings. The predicted molar refractivity (Wildman–Crippen MR) is 176 cm³/mol. The van der Waals surface area contributed by atoms with Gasteiger partial charge >= 0.3 is 0 Å². The van der Waals surface area contributed by atoms with Gasteiger partial charge < -0.3 is 16.8 Å². The average Bonchev–Trinajstić information content (AvgIpc) is 3.40. The van der Waals surface area contributed by atoms with Crippen molar-refractivity contribution in [1.29, 1.82) is 0 Å². The van der Waals surface area contributed by atoms with Crippen molar-refractivity contribution < 1.29 is 4.79 Å². The fourth-order valence-corrected chi connectivity index (χ4v) is 5.46. The Kier molecular flexibility index (Phi) is 12.4. The maximum absolute atomic E-state index is 10.6. The van der Waals surface area contributed by atoms with Crippen molar-refractivity contribution in [3.63, 3.8) is 0 Å². The minimum Gasteiger partial charge on any atom is -0.383 e. The van der Waals surface area contributed by atoms with Gasteiger partial charge in [0.1, 0.15) is 28.7 Å². The fourth-order valence-electron chi connectivity index (χ4n) is 3.91. The van der Waals surface area contributed by atoms with Gasteiger partial charge in [-0.25, -0.2) is 15.0 Å². The van der Waals surface area contributed by atoms with Crippen molar-refractivity contribution in [2.24, 2.45) is 0 Å². The smallest absolute Gasteiger partial charge is 0.212 e. The van der Waals surface area contributed by atoms with Gasteiger partial charge in [-0.3, -0.25) is 13.6 Å². The highest BCUT2D eigenvalue weighted by atomic mass is 79.9. The minimum absolute atomic E-state index is 0. The summed E-state index contributed by atoms with van der Waals surface area (Å²) in [5, 5.41) is 2.70. The minimum atomic E-state index is 0. The van der Waals surface area contributed by atoms with Crippen LogP contribution in [0.15, 0.2) is 50.2 Å². The zero-order chi connectivity index (χ0) is 28.9. The molecule has 0 aliphatic carbocycles. The van der Waals surface area contributed by atoms with Crippen molar-refractivity contribution in [2.75, 3.05) is 16.8 Å². The van der Waals surface area contributed by atoms with E-state index in [9.17, 15) is 4.79 Å². The van der Waals surface area contributed by atoms with Gasteiger partial charge in [-0.05, 0) is 116 Å². The summed E-state index contributed by atoms with van der Waals surface area (Å²) in [7, 11) is 0. The molecule has 5 rings (SSSR count). The third kappa shape index (κ3) is 7.74. The summed E-state index contributed by atoms with van der Waals surface area (Å²) >= 11 is 10.2. The summed E-state index contributed by atoms with van der Waals surface area (Å²) < 4.78 is 6.78. The van der Waals surface area contributed by atoms with Gasteiger partial charge in [0.15, 0.2) is 0 Å². The summed E-state index contributed by atoms with van der Waals surface area (Å²) in [5.41, 5.74) is 18.3. The second-order valence-electron chi connectivity index (χ2n) is 8.75. The summed E-state index contributed by atoms with van der Waals surface area (Å²) in [4.78, 5) is 23.5. The molecule has 0 spiro atoms. The van der Waals surface area contributed by atoms with E-state index in [0.29, 0.717) is 12.2 Å². The number of rotatable bonds is 4. The Bertz CT molecular complexity index is 1630. The zero-order valence-electron chi connectivity index (χ0n) is 22.8. The normalized spacial score (nSPS) is 10.3. The second-order valence-corrected chi connectivity index (χ2v) is 11.5. The number of nitrogens with two attached hydrogens (primary N) is 2. The Labute approximate surface area is 265 Å². The van der Waals surface area contributed by atoms with Crippen molar-refractivity contribution in [2.45, 2.75) is 47.5 Å². The Morgan fingerprint density at radius 1 is 0.825 bits per heavy atom. The molecule has 0 bridgehead atoms. The number of pyridine rings is 3. The molecule has 0 saturated carbocycles. The van der Waals surface area contributed by atoms with E-state index < -0.39 is 0 Å². The summed E-state index contributed by atoms with van der Waals surface area (Å²) in [5.74, 6) is 2.09. The number of fused-ring (bicyclic) bond motifs is 2. The predicted octanol–water partition coefficient (Wildman–Crippen LogP) is 7.24. The number of nitrogens with zero attached hydrogens (tertiary/aromatic N) is 5. The number of carbonyl (C=O) groups is 1. The number of nitrogens with one attached hydrogen (secondary N) is 1. The van der Waals surface area contributed by atoms with Crippen molar-refractivity contribution in [1.82, 2.24) is 23.8 Å². The Morgan fingerprint density at radius 2 is 1.32 bits per heavy atom. The number of anilines is 3. The van der Waals surface area contributed by atoms with Gasteiger partial charge in [0.05, 0.1) is 11.4 Å². The van der Waals surface area contributed by atoms with E-state index in [-0.39, 0.29) is 12.4 Å². The molecule has 9 nitrogen and oxygen atoms in total. The van der Waals surface area contributed by atoms with Crippen LogP contribution in [0.5, 0.6) is 0 Å². The lowest BCUT2D eigenvalue weighted by Crippen LogP contribution is -2.01. The lowest BCUT2D eigenvalue weighted by Gasteiger charge is -2.03. The summed E-state index contributed by atoms with van der Waals surface area (Å²) in [6.45, 7) is 10.0. The van der Waals surface area contributed by atoms with Crippen LogP contribution in [-0.4, -0.2) is 30.2 Å². The molecule has 13 heteroatoms. The van der Waals surface area contributed by atoms with E-state index in [4.69, 9.17) is 11.5 Å². The molecule has 0 atom stereocenters.